The molecule has 2 aliphatic rings. The molecule has 0 bridgehead atoms. The Morgan fingerprint density at radius 1 is 0.756 bits per heavy atom. The summed E-state index contributed by atoms with van der Waals surface area (Å²) in [5.74, 6) is -1.31. The number of ether oxygens (including phenoxy) is 6. The standard InChI is InChI=1S/C30H34O15/c1-11-20(32)23(35)25(37)29(40-11)44-18-10-16(42-13(3)31)9-17-19(18)22(34)28(27(43-17)14-5-7-15(39-4)8-6-14)45-30-26(38)24(36)21(33)12(2)41-30/h5-12,20-21,23-26,29-30,32-33,35-38H,1-4H3/t11-,12-,20+,21-,23-,24+,25-,26+,29+,30+/m1/s1. The van der Waals surface area contributed by atoms with E-state index in [0.29, 0.717) is 11.3 Å². The van der Waals surface area contributed by atoms with E-state index >= 15 is 0 Å². The molecular weight excluding hydrogens is 600 g/mol. The summed E-state index contributed by atoms with van der Waals surface area (Å²) in [6.45, 7) is 4.02. The van der Waals surface area contributed by atoms with Crippen molar-refractivity contribution in [2.75, 3.05) is 7.11 Å². The van der Waals surface area contributed by atoms with Gasteiger partial charge in [0.25, 0.3) is 0 Å². The van der Waals surface area contributed by atoms with Crippen LogP contribution in [0.25, 0.3) is 22.3 Å². The Bertz CT molecular complexity index is 1590. The minimum atomic E-state index is -1.78. The number of aliphatic hydroxyl groups is 6. The topological polar surface area (TPSA) is 224 Å². The van der Waals surface area contributed by atoms with Gasteiger partial charge in [0.2, 0.25) is 23.8 Å². The summed E-state index contributed by atoms with van der Waals surface area (Å²) >= 11 is 0. The zero-order valence-corrected chi connectivity index (χ0v) is 24.6. The fourth-order valence-corrected chi connectivity index (χ4v) is 5.06. The molecule has 0 aliphatic carbocycles. The second-order valence-corrected chi connectivity index (χ2v) is 10.8. The molecule has 45 heavy (non-hydrogen) atoms. The number of methoxy groups -OCH3 is 1. The highest BCUT2D eigenvalue weighted by atomic mass is 16.7. The Kier molecular flexibility index (Phi) is 9.34. The minimum Gasteiger partial charge on any atom is -0.497 e. The van der Waals surface area contributed by atoms with Crippen LogP contribution in [0.4, 0.5) is 0 Å². The molecule has 2 aliphatic heterocycles. The van der Waals surface area contributed by atoms with Crippen molar-refractivity contribution in [3.63, 3.8) is 0 Å². The van der Waals surface area contributed by atoms with Crippen molar-refractivity contribution in [2.45, 2.75) is 82.2 Å². The van der Waals surface area contributed by atoms with Crippen LogP contribution in [-0.4, -0.2) is 105 Å². The van der Waals surface area contributed by atoms with E-state index in [2.05, 4.69) is 0 Å². The van der Waals surface area contributed by atoms with Gasteiger partial charge in [0.15, 0.2) is 5.76 Å². The second-order valence-electron chi connectivity index (χ2n) is 10.8. The van der Waals surface area contributed by atoms with Crippen molar-refractivity contribution in [1.29, 1.82) is 0 Å². The van der Waals surface area contributed by atoms with E-state index in [1.54, 1.807) is 24.3 Å². The van der Waals surface area contributed by atoms with E-state index < -0.39 is 78.6 Å². The number of hydrogen-bond acceptors (Lipinski definition) is 15. The molecular formula is C30H34O15. The minimum absolute atomic E-state index is 0.113. The normalized spacial score (nSPS) is 31.8. The molecule has 3 heterocycles. The summed E-state index contributed by atoms with van der Waals surface area (Å²) in [5, 5.41) is 61.8. The largest absolute Gasteiger partial charge is 0.497 e. The van der Waals surface area contributed by atoms with Crippen LogP contribution in [0.5, 0.6) is 23.0 Å². The molecule has 2 aromatic carbocycles. The van der Waals surface area contributed by atoms with E-state index in [1.165, 1.54) is 27.0 Å². The van der Waals surface area contributed by atoms with Crippen LogP contribution in [0.3, 0.4) is 0 Å². The first-order valence-corrected chi connectivity index (χ1v) is 14.0. The molecule has 2 fully saturated rings. The molecule has 15 heteroatoms. The molecule has 1 aromatic heterocycles. The lowest BCUT2D eigenvalue weighted by Crippen LogP contribution is -2.58. The Morgan fingerprint density at radius 2 is 1.31 bits per heavy atom. The highest BCUT2D eigenvalue weighted by molar-refractivity contribution is 5.89. The van der Waals surface area contributed by atoms with Crippen LogP contribution in [0.1, 0.15) is 20.8 Å². The van der Waals surface area contributed by atoms with Crippen molar-refractivity contribution in [2.24, 2.45) is 0 Å². The average molecular weight is 635 g/mol. The number of carbonyl (C=O) groups is 1. The summed E-state index contributed by atoms with van der Waals surface area (Å²) in [5.41, 5.74) is -0.740. The Balaban J connectivity index is 1.70. The highest BCUT2D eigenvalue weighted by Gasteiger charge is 2.45. The molecule has 3 aromatic rings. The first-order chi connectivity index (χ1) is 21.3. The fourth-order valence-electron chi connectivity index (χ4n) is 5.06. The van der Waals surface area contributed by atoms with Gasteiger partial charge in [-0.25, -0.2) is 0 Å². The number of benzene rings is 2. The number of esters is 1. The third kappa shape index (κ3) is 6.34. The van der Waals surface area contributed by atoms with Crippen molar-refractivity contribution in [3.8, 4) is 34.3 Å². The van der Waals surface area contributed by atoms with Gasteiger partial charge in [-0.2, -0.15) is 0 Å². The number of aliphatic hydroxyl groups excluding tert-OH is 6. The second kappa shape index (κ2) is 12.9. The number of fused-ring (bicyclic) bond motifs is 1. The SMILES string of the molecule is COc1ccc(-c2oc3cc(OC(C)=O)cc(O[C@@H]4O[C@H](C)[C@H](O)[C@@H](O)[C@H]4O)c3c(=O)c2O[C@@H]2O[C@H](C)[C@@H](O)[C@H](O)[C@@H]2O)cc1. The Hall–Kier alpha value is -3.80. The molecule has 0 radical (unpaired) electrons. The summed E-state index contributed by atoms with van der Waals surface area (Å²) in [6, 6.07) is 8.69. The molecule has 0 spiro atoms. The van der Waals surface area contributed by atoms with E-state index in [1.807, 2.05) is 0 Å². The lowest BCUT2D eigenvalue weighted by molar-refractivity contribution is -0.268. The molecule has 10 atom stereocenters. The van der Waals surface area contributed by atoms with Gasteiger partial charge < -0.3 is 63.5 Å². The first kappa shape index (κ1) is 32.6. The van der Waals surface area contributed by atoms with Gasteiger partial charge in [-0.15, -0.1) is 0 Å². The number of hydrogen-bond donors (Lipinski definition) is 6. The van der Waals surface area contributed by atoms with E-state index in [9.17, 15) is 40.2 Å². The monoisotopic (exact) mass is 634 g/mol. The Labute approximate surface area is 255 Å². The van der Waals surface area contributed by atoms with Crippen LogP contribution in [0, 0.1) is 0 Å². The summed E-state index contributed by atoms with van der Waals surface area (Å²) in [7, 11) is 1.47. The van der Waals surface area contributed by atoms with Crippen LogP contribution in [0.2, 0.25) is 0 Å². The lowest BCUT2D eigenvalue weighted by Gasteiger charge is -2.39. The zero-order valence-electron chi connectivity index (χ0n) is 24.6. The predicted molar refractivity (Wildman–Crippen MR) is 152 cm³/mol. The van der Waals surface area contributed by atoms with E-state index in [-0.39, 0.29) is 28.2 Å². The van der Waals surface area contributed by atoms with Gasteiger partial charge in [-0.3, -0.25) is 9.59 Å². The van der Waals surface area contributed by atoms with Crippen LogP contribution in [0.15, 0.2) is 45.6 Å². The molecule has 15 nitrogen and oxygen atoms in total. The summed E-state index contributed by atoms with van der Waals surface area (Å²) < 4.78 is 39.4. The summed E-state index contributed by atoms with van der Waals surface area (Å²) in [4.78, 5) is 26.1. The molecule has 0 saturated carbocycles. The van der Waals surface area contributed by atoms with E-state index in [4.69, 9.17) is 32.8 Å². The molecule has 0 unspecified atom stereocenters. The Morgan fingerprint density at radius 3 is 1.84 bits per heavy atom. The third-order valence-electron chi connectivity index (χ3n) is 7.60. The molecule has 6 N–H and O–H groups in total. The molecule has 0 amide bonds. The fraction of sp³-hybridized carbons (Fsp3) is 0.467. The number of rotatable bonds is 7. The lowest BCUT2D eigenvalue weighted by atomic mass is 10.00. The van der Waals surface area contributed by atoms with Gasteiger partial charge in [0, 0.05) is 24.6 Å². The average Bonchev–Trinajstić information content (AvgIpc) is 3.01. The van der Waals surface area contributed by atoms with Gasteiger partial charge in [-0.05, 0) is 38.1 Å². The summed E-state index contributed by atoms with van der Waals surface area (Å²) in [6.07, 6.45) is -15.0. The number of carbonyl (C=O) groups excluding carboxylic acids is 1. The van der Waals surface area contributed by atoms with Crippen LogP contribution >= 0.6 is 0 Å². The van der Waals surface area contributed by atoms with Crippen molar-refractivity contribution < 1.29 is 68.3 Å². The van der Waals surface area contributed by atoms with Crippen LogP contribution in [-0.2, 0) is 14.3 Å². The van der Waals surface area contributed by atoms with Gasteiger partial charge in [0.1, 0.15) is 64.8 Å². The van der Waals surface area contributed by atoms with E-state index in [0.717, 1.165) is 13.0 Å². The van der Waals surface area contributed by atoms with Gasteiger partial charge in [0.05, 0.1) is 19.3 Å². The van der Waals surface area contributed by atoms with Crippen molar-refractivity contribution in [1.82, 2.24) is 0 Å². The highest BCUT2D eigenvalue weighted by Crippen LogP contribution is 2.39. The zero-order chi connectivity index (χ0) is 32.7. The van der Waals surface area contributed by atoms with Gasteiger partial charge in [-0.1, -0.05) is 0 Å². The first-order valence-electron chi connectivity index (χ1n) is 14.0. The molecule has 5 rings (SSSR count). The van der Waals surface area contributed by atoms with Crippen molar-refractivity contribution in [3.05, 3.63) is 46.6 Å². The maximum atomic E-state index is 14.3. The molecule has 2 saturated heterocycles. The quantitative estimate of drug-likeness (QED) is 0.146. The maximum Gasteiger partial charge on any atom is 0.308 e. The van der Waals surface area contributed by atoms with Crippen molar-refractivity contribution >= 4 is 16.9 Å². The molecule has 244 valence electrons. The maximum absolute atomic E-state index is 14.3. The third-order valence-corrected chi connectivity index (χ3v) is 7.60. The van der Waals surface area contributed by atoms with Gasteiger partial charge >= 0.3 is 5.97 Å². The smallest absolute Gasteiger partial charge is 0.308 e. The predicted octanol–water partition coefficient (Wildman–Crippen LogP) is -0.193. The van der Waals surface area contributed by atoms with Crippen LogP contribution < -0.4 is 24.4 Å².